The molecule has 3 aromatic heterocycles. The molecule has 3 N–H and O–H groups in total. The molecule has 0 saturated heterocycles. The fourth-order valence-corrected chi connectivity index (χ4v) is 4.70. The number of amides is 2. The molecule has 0 aliphatic carbocycles. The summed E-state index contributed by atoms with van der Waals surface area (Å²) >= 11 is 0.676. The first-order valence-electron chi connectivity index (χ1n) is 10.3. The van der Waals surface area contributed by atoms with E-state index in [1.54, 1.807) is 6.07 Å². The van der Waals surface area contributed by atoms with Crippen LogP contribution in [-0.2, 0) is 12.8 Å². The van der Waals surface area contributed by atoms with Gasteiger partial charge in [-0.05, 0) is 67.8 Å². The Morgan fingerprint density at radius 2 is 1.80 bits per heavy atom. The van der Waals surface area contributed by atoms with Crippen molar-refractivity contribution in [1.82, 2.24) is 4.98 Å². The number of rotatable bonds is 6. The van der Waals surface area contributed by atoms with Crippen LogP contribution in [0.4, 0.5) is 18.9 Å². The lowest BCUT2D eigenvalue weighted by molar-refractivity contribution is -0.141. The van der Waals surface area contributed by atoms with E-state index < -0.39 is 23.7 Å². The lowest BCUT2D eigenvalue weighted by Crippen LogP contribution is -2.16. The normalized spacial score (nSPS) is 11.6. The summed E-state index contributed by atoms with van der Waals surface area (Å²) in [6.45, 7) is 5.41. The van der Waals surface area contributed by atoms with E-state index in [1.807, 2.05) is 32.0 Å². The number of pyridine rings is 1. The highest BCUT2D eigenvalue weighted by Gasteiger charge is 2.34. The van der Waals surface area contributed by atoms with Gasteiger partial charge in [-0.2, -0.15) is 13.2 Å². The number of anilines is 1. The van der Waals surface area contributed by atoms with Crippen molar-refractivity contribution in [2.75, 3.05) is 5.32 Å². The van der Waals surface area contributed by atoms with E-state index in [9.17, 15) is 22.8 Å². The van der Waals surface area contributed by atoms with Crippen molar-refractivity contribution in [3.63, 3.8) is 0 Å². The van der Waals surface area contributed by atoms with Crippen molar-refractivity contribution in [3.05, 3.63) is 75.2 Å². The Morgan fingerprint density at radius 3 is 2.43 bits per heavy atom. The third-order valence-corrected chi connectivity index (χ3v) is 6.17. The molecule has 0 unspecified atom stereocenters. The van der Waals surface area contributed by atoms with E-state index in [-0.39, 0.29) is 38.7 Å². The SMILES string of the molecule is Cc1cc(C)cc(OCc2ccc(C(=O)Nc3c(C(N)=O)sc4nc(C(F)(F)F)cc(C)c34)o2)c1. The minimum Gasteiger partial charge on any atom is -0.486 e. The first-order valence-corrected chi connectivity index (χ1v) is 11.2. The molecule has 0 radical (unpaired) electrons. The summed E-state index contributed by atoms with van der Waals surface area (Å²) in [5.41, 5.74) is 6.58. The topological polar surface area (TPSA) is 107 Å². The van der Waals surface area contributed by atoms with Crippen LogP contribution < -0.4 is 15.8 Å². The van der Waals surface area contributed by atoms with Crippen LogP contribution in [0.2, 0.25) is 0 Å². The van der Waals surface area contributed by atoms with Crippen molar-refractivity contribution < 1.29 is 31.9 Å². The molecular weight excluding hydrogens is 483 g/mol. The number of nitrogens with zero attached hydrogens (tertiary/aromatic N) is 1. The molecule has 7 nitrogen and oxygen atoms in total. The van der Waals surface area contributed by atoms with Gasteiger partial charge in [0, 0.05) is 5.39 Å². The van der Waals surface area contributed by atoms with Crippen molar-refractivity contribution in [1.29, 1.82) is 0 Å². The number of alkyl halides is 3. The van der Waals surface area contributed by atoms with Gasteiger partial charge in [-0.25, -0.2) is 4.98 Å². The zero-order valence-electron chi connectivity index (χ0n) is 18.9. The van der Waals surface area contributed by atoms with Gasteiger partial charge in [-0.1, -0.05) is 6.07 Å². The highest BCUT2D eigenvalue weighted by Crippen LogP contribution is 2.40. The number of benzene rings is 1. The molecule has 0 spiro atoms. The summed E-state index contributed by atoms with van der Waals surface area (Å²) < 4.78 is 50.8. The van der Waals surface area contributed by atoms with Gasteiger partial charge in [0.05, 0.1) is 5.69 Å². The van der Waals surface area contributed by atoms with Crippen molar-refractivity contribution in [2.24, 2.45) is 5.73 Å². The number of fused-ring (bicyclic) bond motifs is 1. The number of halogens is 3. The molecule has 2 amide bonds. The van der Waals surface area contributed by atoms with Crippen molar-refractivity contribution in [2.45, 2.75) is 33.6 Å². The second-order valence-electron chi connectivity index (χ2n) is 8.00. The maximum Gasteiger partial charge on any atom is 0.433 e. The minimum absolute atomic E-state index is 0.00865. The molecule has 1 aromatic carbocycles. The second kappa shape index (κ2) is 9.06. The number of aromatic nitrogens is 1. The summed E-state index contributed by atoms with van der Waals surface area (Å²) in [6, 6.07) is 9.61. The number of aryl methyl sites for hydroxylation is 3. The number of hydrogen-bond donors (Lipinski definition) is 2. The summed E-state index contributed by atoms with van der Waals surface area (Å²) in [5, 5.41) is 2.75. The van der Waals surface area contributed by atoms with Crippen LogP contribution in [0.15, 0.2) is 40.8 Å². The fraction of sp³-hybridized carbons (Fsp3) is 0.208. The van der Waals surface area contributed by atoms with E-state index in [1.165, 1.54) is 13.0 Å². The van der Waals surface area contributed by atoms with E-state index in [0.29, 0.717) is 22.8 Å². The number of furan rings is 1. The number of carbonyl (C=O) groups excluding carboxylic acids is 2. The summed E-state index contributed by atoms with van der Waals surface area (Å²) in [4.78, 5) is 28.2. The molecule has 0 bridgehead atoms. The zero-order valence-corrected chi connectivity index (χ0v) is 19.7. The molecule has 0 saturated carbocycles. The first kappa shape index (κ1) is 24.3. The standard InChI is InChI=1S/C24H20F3N3O4S/c1-11-6-12(2)8-15(7-11)33-10-14-4-5-16(34-14)22(32)30-19-18-13(3)9-17(24(25,26)27)29-23(18)35-20(19)21(28)31/h4-9H,10H2,1-3H3,(H2,28,31)(H,30,32). The maximum absolute atomic E-state index is 13.2. The van der Waals surface area contributed by atoms with E-state index in [0.717, 1.165) is 17.2 Å². The molecule has 4 aromatic rings. The van der Waals surface area contributed by atoms with Crippen LogP contribution in [0.5, 0.6) is 5.75 Å². The Kier molecular flexibility index (Phi) is 6.28. The Balaban J connectivity index is 1.58. The van der Waals surface area contributed by atoms with Crippen LogP contribution in [0.1, 0.15) is 48.4 Å². The molecule has 0 atom stereocenters. The summed E-state index contributed by atoms with van der Waals surface area (Å²) in [6.07, 6.45) is -4.66. The van der Waals surface area contributed by atoms with Crippen LogP contribution in [-0.4, -0.2) is 16.8 Å². The average Bonchev–Trinajstić information content (AvgIpc) is 3.36. The second-order valence-corrected chi connectivity index (χ2v) is 9.00. The number of nitrogens with one attached hydrogen (secondary N) is 1. The Labute approximate surface area is 201 Å². The van der Waals surface area contributed by atoms with E-state index >= 15 is 0 Å². The Bertz CT molecular complexity index is 1440. The fourth-order valence-electron chi connectivity index (χ4n) is 3.64. The lowest BCUT2D eigenvalue weighted by atomic mass is 10.1. The van der Waals surface area contributed by atoms with Gasteiger partial charge in [0.15, 0.2) is 5.76 Å². The molecule has 0 aliphatic rings. The van der Waals surface area contributed by atoms with Gasteiger partial charge in [0.25, 0.3) is 11.8 Å². The Hall–Kier alpha value is -3.86. The largest absolute Gasteiger partial charge is 0.486 e. The monoisotopic (exact) mass is 503 g/mol. The number of carbonyl (C=O) groups is 2. The average molecular weight is 504 g/mol. The van der Waals surface area contributed by atoms with Gasteiger partial charge in [-0.15, -0.1) is 11.3 Å². The third kappa shape index (κ3) is 5.14. The minimum atomic E-state index is -4.66. The molecule has 11 heteroatoms. The number of primary amides is 1. The number of thiophene rings is 1. The van der Waals surface area contributed by atoms with Gasteiger partial charge in [-0.3, -0.25) is 9.59 Å². The highest BCUT2D eigenvalue weighted by molar-refractivity contribution is 7.21. The molecule has 0 fully saturated rings. The predicted molar refractivity (Wildman–Crippen MR) is 125 cm³/mol. The predicted octanol–water partition coefficient (Wildman–Crippen LogP) is 5.76. The zero-order chi connectivity index (χ0) is 25.5. The van der Waals surface area contributed by atoms with Crippen LogP contribution in [0, 0.1) is 20.8 Å². The maximum atomic E-state index is 13.2. The molecular formula is C24H20F3N3O4S. The van der Waals surface area contributed by atoms with Crippen LogP contribution >= 0.6 is 11.3 Å². The van der Waals surface area contributed by atoms with Gasteiger partial charge >= 0.3 is 6.18 Å². The van der Waals surface area contributed by atoms with E-state index in [2.05, 4.69) is 10.3 Å². The Morgan fingerprint density at radius 1 is 1.11 bits per heavy atom. The molecule has 4 rings (SSSR count). The number of ether oxygens (including phenoxy) is 1. The van der Waals surface area contributed by atoms with Crippen LogP contribution in [0.25, 0.3) is 10.2 Å². The van der Waals surface area contributed by atoms with Crippen molar-refractivity contribution in [3.8, 4) is 5.75 Å². The van der Waals surface area contributed by atoms with Gasteiger partial charge in [0.2, 0.25) is 0 Å². The molecule has 182 valence electrons. The summed E-state index contributed by atoms with van der Waals surface area (Å²) in [5.74, 6) is -0.645. The first-order chi connectivity index (χ1) is 16.4. The molecule has 0 aliphatic heterocycles. The quantitative estimate of drug-likeness (QED) is 0.348. The van der Waals surface area contributed by atoms with E-state index in [4.69, 9.17) is 14.9 Å². The third-order valence-electron chi connectivity index (χ3n) is 5.07. The van der Waals surface area contributed by atoms with Crippen LogP contribution in [0.3, 0.4) is 0 Å². The number of nitrogens with two attached hydrogens (primary N) is 1. The smallest absolute Gasteiger partial charge is 0.433 e. The summed E-state index contributed by atoms with van der Waals surface area (Å²) in [7, 11) is 0. The lowest BCUT2D eigenvalue weighted by Gasteiger charge is -2.09. The number of hydrogen-bond acceptors (Lipinski definition) is 6. The molecule has 35 heavy (non-hydrogen) atoms. The van der Waals surface area contributed by atoms with Gasteiger partial charge in [0.1, 0.15) is 33.5 Å². The molecule has 3 heterocycles. The highest BCUT2D eigenvalue weighted by atomic mass is 32.1. The van der Waals surface area contributed by atoms with Gasteiger partial charge < -0.3 is 20.2 Å². The van der Waals surface area contributed by atoms with Crippen molar-refractivity contribution >= 4 is 39.1 Å².